The van der Waals surface area contributed by atoms with Gasteiger partial charge in [-0.25, -0.2) is 4.79 Å². The quantitative estimate of drug-likeness (QED) is 0.856. The van der Waals surface area contributed by atoms with Gasteiger partial charge in [0, 0.05) is 17.8 Å². The van der Waals surface area contributed by atoms with Gasteiger partial charge in [-0.1, -0.05) is 6.07 Å². The Labute approximate surface area is 129 Å². The number of ether oxygens (including phenoxy) is 2. The topological polar surface area (TPSA) is 67.8 Å². The Hall–Kier alpha value is -2.69. The predicted octanol–water partition coefficient (Wildman–Crippen LogP) is 3.32. The molecule has 2 aromatic rings. The van der Waals surface area contributed by atoms with E-state index in [1.807, 2.05) is 24.3 Å². The van der Waals surface area contributed by atoms with E-state index >= 15 is 0 Å². The first-order valence-corrected chi connectivity index (χ1v) is 6.84. The number of carboxylic acid groups (broad SMARTS) is 1. The van der Waals surface area contributed by atoms with Crippen molar-refractivity contribution in [3.05, 3.63) is 53.1 Å². The highest BCUT2D eigenvalue weighted by Crippen LogP contribution is 2.26. The zero-order chi connectivity index (χ0) is 16.1. The van der Waals surface area contributed by atoms with Crippen LogP contribution in [0.1, 0.15) is 21.5 Å². The van der Waals surface area contributed by atoms with Crippen molar-refractivity contribution in [2.24, 2.45) is 0 Å². The number of carboxylic acids is 1. The smallest absolute Gasteiger partial charge is 0.336 e. The minimum absolute atomic E-state index is 0.294. The molecule has 22 heavy (non-hydrogen) atoms. The summed E-state index contributed by atoms with van der Waals surface area (Å²) in [6.07, 6.45) is 0. The van der Waals surface area contributed by atoms with Crippen LogP contribution >= 0.6 is 0 Å². The molecule has 0 aliphatic rings. The number of hydrogen-bond acceptors (Lipinski definition) is 4. The van der Waals surface area contributed by atoms with E-state index < -0.39 is 5.97 Å². The van der Waals surface area contributed by atoms with Crippen molar-refractivity contribution in [2.75, 3.05) is 19.5 Å². The maximum Gasteiger partial charge on any atom is 0.336 e. The first-order chi connectivity index (χ1) is 10.6. The van der Waals surface area contributed by atoms with Crippen molar-refractivity contribution in [3.63, 3.8) is 0 Å². The summed E-state index contributed by atoms with van der Waals surface area (Å²) < 4.78 is 10.6. The second-order valence-corrected chi connectivity index (χ2v) is 4.81. The van der Waals surface area contributed by atoms with Crippen molar-refractivity contribution < 1.29 is 19.4 Å². The van der Waals surface area contributed by atoms with E-state index in [1.165, 1.54) is 0 Å². The predicted molar refractivity (Wildman–Crippen MR) is 85.0 cm³/mol. The van der Waals surface area contributed by atoms with Gasteiger partial charge < -0.3 is 19.9 Å². The molecule has 0 bridgehead atoms. The summed E-state index contributed by atoms with van der Waals surface area (Å²) in [5.74, 6) is 0.564. The van der Waals surface area contributed by atoms with Crippen LogP contribution in [-0.2, 0) is 6.54 Å². The molecule has 0 spiro atoms. The second-order valence-electron chi connectivity index (χ2n) is 4.81. The molecule has 0 aliphatic carbocycles. The minimum atomic E-state index is -0.930. The van der Waals surface area contributed by atoms with E-state index in [0.717, 1.165) is 22.7 Å². The fourth-order valence-corrected chi connectivity index (χ4v) is 2.27. The molecule has 0 amide bonds. The third-order valence-electron chi connectivity index (χ3n) is 3.52. The summed E-state index contributed by atoms with van der Waals surface area (Å²) in [6, 6.07) is 10.7. The lowest BCUT2D eigenvalue weighted by Crippen LogP contribution is -2.06. The van der Waals surface area contributed by atoms with Crippen LogP contribution in [0.25, 0.3) is 0 Å². The summed E-state index contributed by atoms with van der Waals surface area (Å²) in [7, 11) is 3.22. The molecule has 2 rings (SSSR count). The van der Waals surface area contributed by atoms with Crippen molar-refractivity contribution in [1.82, 2.24) is 0 Å². The number of benzene rings is 2. The summed E-state index contributed by atoms with van der Waals surface area (Å²) in [4.78, 5) is 11.2. The van der Waals surface area contributed by atoms with Crippen molar-refractivity contribution in [1.29, 1.82) is 0 Å². The molecule has 0 heterocycles. The van der Waals surface area contributed by atoms with Gasteiger partial charge in [0.25, 0.3) is 0 Å². The Morgan fingerprint density at radius 3 is 2.59 bits per heavy atom. The first kappa shape index (κ1) is 15.7. The van der Waals surface area contributed by atoms with Crippen LogP contribution in [0.15, 0.2) is 36.4 Å². The fraction of sp³-hybridized carbons (Fsp3) is 0.235. The summed E-state index contributed by atoms with van der Waals surface area (Å²) in [5, 5.41) is 12.4. The highest BCUT2D eigenvalue weighted by atomic mass is 16.5. The van der Waals surface area contributed by atoms with Crippen LogP contribution in [0.3, 0.4) is 0 Å². The van der Waals surface area contributed by atoms with E-state index in [1.54, 1.807) is 33.3 Å². The molecule has 0 fully saturated rings. The van der Waals surface area contributed by atoms with Gasteiger partial charge in [-0.15, -0.1) is 0 Å². The first-order valence-electron chi connectivity index (χ1n) is 6.84. The van der Waals surface area contributed by atoms with Crippen molar-refractivity contribution in [2.45, 2.75) is 13.5 Å². The van der Waals surface area contributed by atoms with Crippen molar-refractivity contribution in [3.8, 4) is 11.5 Å². The molecule has 0 saturated heterocycles. The average Bonchev–Trinajstić information content (AvgIpc) is 2.53. The zero-order valence-electron chi connectivity index (χ0n) is 12.8. The number of anilines is 1. The highest BCUT2D eigenvalue weighted by molar-refractivity contribution is 5.91. The number of methoxy groups -OCH3 is 2. The Balaban J connectivity index is 2.23. The van der Waals surface area contributed by atoms with Gasteiger partial charge in [-0.05, 0) is 42.8 Å². The van der Waals surface area contributed by atoms with Crippen LogP contribution in [0.5, 0.6) is 11.5 Å². The van der Waals surface area contributed by atoms with Gasteiger partial charge in [0.15, 0.2) is 0 Å². The molecule has 116 valence electrons. The van der Waals surface area contributed by atoms with Crippen LogP contribution in [-0.4, -0.2) is 25.3 Å². The van der Waals surface area contributed by atoms with E-state index in [0.29, 0.717) is 17.7 Å². The van der Waals surface area contributed by atoms with E-state index in [-0.39, 0.29) is 0 Å². The standard InChI is InChI=1S/C17H19NO4/c1-11-14(17(19)20)5-4-6-15(11)18-10-12-9-13(21-2)7-8-16(12)22-3/h4-9,18H,10H2,1-3H3,(H,19,20). The third-order valence-corrected chi connectivity index (χ3v) is 3.52. The summed E-state index contributed by atoms with van der Waals surface area (Å²) in [6.45, 7) is 2.29. The Kier molecular flexibility index (Phi) is 4.88. The molecule has 2 N–H and O–H groups in total. The molecule has 5 nitrogen and oxygen atoms in total. The Bertz CT molecular complexity index is 682. The lowest BCUT2D eigenvalue weighted by Gasteiger charge is -2.14. The summed E-state index contributed by atoms with van der Waals surface area (Å²) >= 11 is 0. The molecular formula is C17H19NO4. The Morgan fingerprint density at radius 2 is 1.95 bits per heavy atom. The highest BCUT2D eigenvalue weighted by Gasteiger charge is 2.11. The fourth-order valence-electron chi connectivity index (χ4n) is 2.27. The molecule has 0 radical (unpaired) electrons. The van der Waals surface area contributed by atoms with Gasteiger partial charge in [-0.2, -0.15) is 0 Å². The molecule has 0 aromatic heterocycles. The third kappa shape index (κ3) is 3.31. The molecule has 2 aromatic carbocycles. The minimum Gasteiger partial charge on any atom is -0.497 e. The number of hydrogen-bond donors (Lipinski definition) is 2. The van der Waals surface area contributed by atoms with Gasteiger partial charge in [0.1, 0.15) is 11.5 Å². The number of aromatic carboxylic acids is 1. The molecule has 0 saturated carbocycles. The summed E-state index contributed by atoms with van der Waals surface area (Å²) in [5.41, 5.74) is 2.71. The second kappa shape index (κ2) is 6.85. The zero-order valence-corrected chi connectivity index (χ0v) is 12.8. The van der Waals surface area contributed by atoms with E-state index in [4.69, 9.17) is 14.6 Å². The molecule has 0 aliphatic heterocycles. The molecule has 0 unspecified atom stereocenters. The van der Waals surface area contributed by atoms with Gasteiger partial charge in [0.05, 0.1) is 19.8 Å². The van der Waals surface area contributed by atoms with Crippen LogP contribution in [0.2, 0.25) is 0 Å². The molecule has 5 heteroatoms. The monoisotopic (exact) mass is 301 g/mol. The average molecular weight is 301 g/mol. The maximum absolute atomic E-state index is 11.2. The van der Waals surface area contributed by atoms with E-state index in [2.05, 4.69) is 5.32 Å². The Morgan fingerprint density at radius 1 is 1.18 bits per heavy atom. The van der Waals surface area contributed by atoms with Crippen LogP contribution < -0.4 is 14.8 Å². The van der Waals surface area contributed by atoms with Crippen LogP contribution in [0.4, 0.5) is 5.69 Å². The van der Waals surface area contributed by atoms with Gasteiger partial charge >= 0.3 is 5.97 Å². The van der Waals surface area contributed by atoms with Gasteiger partial charge in [-0.3, -0.25) is 0 Å². The number of nitrogens with one attached hydrogen (secondary N) is 1. The SMILES string of the molecule is COc1ccc(OC)c(CNc2cccc(C(=O)O)c2C)c1. The lowest BCUT2D eigenvalue weighted by atomic mass is 10.1. The number of carbonyl (C=O) groups is 1. The maximum atomic E-state index is 11.2. The molecule has 0 atom stereocenters. The van der Waals surface area contributed by atoms with Crippen LogP contribution in [0, 0.1) is 6.92 Å². The largest absolute Gasteiger partial charge is 0.497 e. The lowest BCUT2D eigenvalue weighted by molar-refractivity contribution is 0.0696. The van der Waals surface area contributed by atoms with Gasteiger partial charge in [0.2, 0.25) is 0 Å². The van der Waals surface area contributed by atoms with E-state index in [9.17, 15) is 4.79 Å². The van der Waals surface area contributed by atoms with Crippen molar-refractivity contribution >= 4 is 11.7 Å². The molecular weight excluding hydrogens is 282 g/mol. The number of rotatable bonds is 6. The normalized spacial score (nSPS) is 10.1.